The van der Waals surface area contributed by atoms with Gasteiger partial charge in [0.2, 0.25) is 5.91 Å². The highest BCUT2D eigenvalue weighted by Gasteiger charge is 2.21. The summed E-state index contributed by atoms with van der Waals surface area (Å²) in [5.41, 5.74) is 3.13. The molecule has 1 aromatic carbocycles. The molecule has 1 aromatic heterocycles. The van der Waals surface area contributed by atoms with E-state index < -0.39 is 5.97 Å². The van der Waals surface area contributed by atoms with E-state index in [9.17, 15) is 14.7 Å². The summed E-state index contributed by atoms with van der Waals surface area (Å²) in [5, 5.41) is 9.33. The number of benzene rings is 1. The molecule has 1 aliphatic rings. The van der Waals surface area contributed by atoms with Crippen LogP contribution in [0.2, 0.25) is 0 Å². The molecule has 0 saturated carbocycles. The molecule has 0 bridgehead atoms. The van der Waals surface area contributed by atoms with Crippen molar-refractivity contribution in [1.82, 2.24) is 9.88 Å². The van der Waals surface area contributed by atoms with Gasteiger partial charge in [-0.15, -0.1) is 0 Å². The van der Waals surface area contributed by atoms with Crippen LogP contribution >= 0.6 is 15.9 Å². The smallest absolute Gasteiger partial charge is 0.323 e. The van der Waals surface area contributed by atoms with E-state index >= 15 is 0 Å². The first-order valence-corrected chi connectivity index (χ1v) is 12.9. The third kappa shape index (κ3) is 8.09. The maximum atomic E-state index is 13.0. The lowest BCUT2D eigenvalue weighted by Crippen LogP contribution is -2.34. The Kier molecular flexibility index (Phi) is 9.72. The first-order valence-electron chi connectivity index (χ1n) is 12.1. The molecule has 2 heterocycles. The molecule has 35 heavy (non-hydrogen) atoms. The third-order valence-corrected chi connectivity index (χ3v) is 6.12. The van der Waals surface area contributed by atoms with Crippen LogP contribution in [0.4, 0.5) is 5.82 Å². The van der Waals surface area contributed by atoms with Gasteiger partial charge in [0.25, 0.3) is 0 Å². The number of rotatable bonds is 12. The summed E-state index contributed by atoms with van der Waals surface area (Å²) in [7, 11) is 0. The highest BCUT2D eigenvalue weighted by atomic mass is 79.9. The van der Waals surface area contributed by atoms with Gasteiger partial charge in [-0.1, -0.05) is 25.1 Å². The molecule has 1 amide bonds. The van der Waals surface area contributed by atoms with Crippen LogP contribution in [-0.2, 0) is 22.4 Å². The van der Waals surface area contributed by atoms with Gasteiger partial charge in [0.1, 0.15) is 22.7 Å². The molecule has 3 rings (SSSR count). The number of halogens is 1. The number of ether oxygens (including phenoxy) is 1. The number of carbonyl (C=O) groups is 2. The minimum Gasteiger partial charge on any atom is -0.491 e. The van der Waals surface area contributed by atoms with Gasteiger partial charge < -0.3 is 19.6 Å². The average Bonchev–Trinajstić information content (AvgIpc) is 2.79. The topological polar surface area (TPSA) is 83.0 Å². The molecule has 0 atom stereocenters. The van der Waals surface area contributed by atoms with Crippen LogP contribution in [-0.4, -0.2) is 52.6 Å². The lowest BCUT2D eigenvalue weighted by Gasteiger charge is -2.28. The highest BCUT2D eigenvalue weighted by Crippen LogP contribution is 2.30. The first kappa shape index (κ1) is 26.7. The van der Waals surface area contributed by atoms with E-state index in [4.69, 9.17) is 4.74 Å². The van der Waals surface area contributed by atoms with Gasteiger partial charge in [-0.3, -0.25) is 9.59 Å². The summed E-state index contributed by atoms with van der Waals surface area (Å²) in [5.74, 6) is 0.703. The van der Waals surface area contributed by atoms with E-state index in [1.807, 2.05) is 61.3 Å². The molecule has 0 fully saturated rings. The zero-order valence-corrected chi connectivity index (χ0v) is 22.3. The molecule has 188 valence electrons. The predicted molar refractivity (Wildman–Crippen MR) is 141 cm³/mol. The number of pyridine rings is 1. The van der Waals surface area contributed by atoms with Crippen LogP contribution in [0.1, 0.15) is 51.2 Å². The van der Waals surface area contributed by atoms with Gasteiger partial charge in [0.15, 0.2) is 0 Å². The largest absolute Gasteiger partial charge is 0.491 e. The Morgan fingerprint density at radius 2 is 1.91 bits per heavy atom. The fourth-order valence-electron chi connectivity index (χ4n) is 4.20. The van der Waals surface area contributed by atoms with E-state index in [-0.39, 0.29) is 18.6 Å². The third-order valence-electron chi connectivity index (χ3n) is 5.68. The van der Waals surface area contributed by atoms with Crippen molar-refractivity contribution in [1.29, 1.82) is 0 Å². The number of fused-ring (bicyclic) bond motifs is 1. The Balaban J connectivity index is 1.59. The first-order chi connectivity index (χ1) is 16.7. The van der Waals surface area contributed by atoms with Crippen molar-refractivity contribution >= 4 is 33.6 Å². The van der Waals surface area contributed by atoms with E-state index in [2.05, 4.69) is 27.8 Å². The number of amides is 1. The zero-order chi connectivity index (χ0) is 25.4. The van der Waals surface area contributed by atoms with Gasteiger partial charge in [0.05, 0.1) is 12.5 Å². The summed E-state index contributed by atoms with van der Waals surface area (Å²) in [4.78, 5) is 32.5. The molecular weight excluding hydrogens is 510 g/mol. The maximum absolute atomic E-state index is 13.0. The van der Waals surface area contributed by atoms with Gasteiger partial charge in [-0.25, -0.2) is 4.98 Å². The van der Waals surface area contributed by atoms with Gasteiger partial charge in [0, 0.05) is 19.3 Å². The number of nitrogens with zero attached hydrogens (tertiary/aromatic N) is 3. The Labute approximate surface area is 215 Å². The summed E-state index contributed by atoms with van der Waals surface area (Å²) in [6.45, 7) is 7.31. The van der Waals surface area contributed by atoms with Crippen molar-refractivity contribution in [3.63, 3.8) is 0 Å². The number of hydrogen-bond acceptors (Lipinski definition) is 5. The summed E-state index contributed by atoms with van der Waals surface area (Å²) in [6, 6.07) is 11.6. The Hall–Kier alpha value is -2.87. The molecule has 1 N–H and O–H groups in total. The number of hydrogen-bond donors (Lipinski definition) is 1. The molecular formula is C27H34BrN3O4. The second kappa shape index (κ2) is 12.7. The second-order valence-corrected chi connectivity index (χ2v) is 9.89. The van der Waals surface area contributed by atoms with Crippen molar-refractivity contribution in [2.75, 3.05) is 24.5 Å². The fraction of sp³-hybridized carbons (Fsp3) is 0.444. The van der Waals surface area contributed by atoms with Gasteiger partial charge in [-0.2, -0.15) is 0 Å². The molecule has 0 spiro atoms. The van der Waals surface area contributed by atoms with E-state index in [0.717, 1.165) is 54.7 Å². The summed E-state index contributed by atoms with van der Waals surface area (Å²) >= 11 is 3.37. The fourth-order valence-corrected chi connectivity index (χ4v) is 4.50. The number of carboxylic acid groups (broad SMARTS) is 1. The lowest BCUT2D eigenvalue weighted by molar-refractivity contribution is -0.135. The second-order valence-electron chi connectivity index (χ2n) is 9.07. The molecule has 0 aliphatic carbocycles. The molecule has 1 aliphatic heterocycles. The molecule has 0 saturated heterocycles. The van der Waals surface area contributed by atoms with E-state index in [1.165, 1.54) is 0 Å². The monoisotopic (exact) mass is 543 g/mol. The molecule has 0 unspecified atom stereocenters. The zero-order valence-electron chi connectivity index (χ0n) is 20.7. The lowest BCUT2D eigenvalue weighted by atomic mass is 9.98. The maximum Gasteiger partial charge on any atom is 0.323 e. The summed E-state index contributed by atoms with van der Waals surface area (Å²) in [6.07, 6.45) is 5.63. The molecule has 8 heteroatoms. The number of aromatic nitrogens is 1. The number of carboxylic acids is 1. The number of anilines is 1. The number of aliphatic carboxylic acids is 1. The van der Waals surface area contributed by atoms with E-state index in [0.29, 0.717) is 23.4 Å². The van der Waals surface area contributed by atoms with Crippen molar-refractivity contribution in [3.8, 4) is 5.75 Å². The Morgan fingerprint density at radius 1 is 1.17 bits per heavy atom. The van der Waals surface area contributed by atoms with Crippen LogP contribution in [0, 0.1) is 0 Å². The van der Waals surface area contributed by atoms with Crippen molar-refractivity contribution in [2.24, 2.45) is 0 Å². The molecule has 2 aromatic rings. The van der Waals surface area contributed by atoms with Crippen LogP contribution in [0.15, 0.2) is 52.8 Å². The van der Waals surface area contributed by atoms with Crippen LogP contribution in [0.3, 0.4) is 0 Å². The Morgan fingerprint density at radius 3 is 2.57 bits per heavy atom. The predicted octanol–water partition coefficient (Wildman–Crippen LogP) is 5.22. The van der Waals surface area contributed by atoms with Crippen molar-refractivity contribution in [2.45, 2.75) is 59.0 Å². The van der Waals surface area contributed by atoms with Crippen LogP contribution in [0.5, 0.6) is 5.75 Å². The highest BCUT2D eigenvalue weighted by molar-refractivity contribution is 9.10. The molecule has 7 nitrogen and oxygen atoms in total. The van der Waals surface area contributed by atoms with Gasteiger partial charge in [-0.05, 0) is 90.4 Å². The number of carbonyl (C=O) groups excluding carboxylic acids is 1. The Bertz CT molecular complexity index is 1050. The number of allylic oxidation sites excluding steroid dienone is 1. The SMILES string of the molecule is CCCN(CCCC1=CN(CC(=O)O)c2nc(Br)ccc2C1)C(=O)Cc1ccc(OC(C)C)cc1. The van der Waals surface area contributed by atoms with Crippen molar-refractivity contribution in [3.05, 3.63) is 63.9 Å². The standard InChI is InChI=1S/C27H34BrN3O4/c1-4-13-30(25(32)16-20-7-10-23(11-8-20)35-19(2)3)14-5-6-21-15-22-9-12-24(28)29-27(22)31(17-21)18-26(33)34/h7-12,17,19H,4-6,13-16,18H2,1-3H3,(H,33,34). The quantitative estimate of drug-likeness (QED) is 0.369. The van der Waals surface area contributed by atoms with Crippen LogP contribution in [0.25, 0.3) is 0 Å². The van der Waals surface area contributed by atoms with Crippen LogP contribution < -0.4 is 9.64 Å². The molecule has 0 radical (unpaired) electrons. The summed E-state index contributed by atoms with van der Waals surface area (Å²) < 4.78 is 6.36. The van der Waals surface area contributed by atoms with Crippen molar-refractivity contribution < 1.29 is 19.4 Å². The van der Waals surface area contributed by atoms with E-state index in [1.54, 1.807) is 4.90 Å². The van der Waals surface area contributed by atoms with Gasteiger partial charge >= 0.3 is 5.97 Å². The normalized spacial score (nSPS) is 12.8. The average molecular weight is 544 g/mol. The minimum absolute atomic E-state index is 0.115. The minimum atomic E-state index is -0.904.